The zero-order valence-electron chi connectivity index (χ0n) is 12.2. The second kappa shape index (κ2) is 5.22. The first-order valence-corrected chi connectivity index (χ1v) is 6.87. The van der Waals surface area contributed by atoms with Gasteiger partial charge in [0.2, 0.25) is 0 Å². The molecule has 0 aliphatic heterocycles. The van der Waals surface area contributed by atoms with Crippen molar-refractivity contribution in [2.45, 2.75) is 13.8 Å². The van der Waals surface area contributed by atoms with Crippen molar-refractivity contribution in [3.8, 4) is 11.3 Å². The molecule has 0 bridgehead atoms. The number of carboxylic acids is 1. The van der Waals surface area contributed by atoms with Crippen LogP contribution in [0.2, 0.25) is 0 Å². The Bertz CT molecular complexity index is 886. The second-order valence-corrected chi connectivity index (χ2v) is 5.29. The zero-order valence-corrected chi connectivity index (χ0v) is 12.2. The topological polar surface area (TPSA) is 50.2 Å². The molecule has 0 aliphatic rings. The van der Waals surface area contributed by atoms with E-state index in [-0.39, 0.29) is 5.56 Å². The lowest BCUT2D eigenvalue weighted by atomic mass is 9.97. The summed E-state index contributed by atoms with van der Waals surface area (Å²) in [5.41, 5.74) is 3.67. The van der Waals surface area contributed by atoms with Gasteiger partial charge < -0.3 is 5.11 Å². The number of aromatic nitrogens is 1. The molecule has 3 aromatic rings. The van der Waals surface area contributed by atoms with Gasteiger partial charge in [0.15, 0.2) is 0 Å². The van der Waals surface area contributed by atoms with Gasteiger partial charge in [0, 0.05) is 10.9 Å². The van der Waals surface area contributed by atoms with Crippen LogP contribution in [0.5, 0.6) is 0 Å². The molecule has 0 atom stereocenters. The highest BCUT2D eigenvalue weighted by molar-refractivity contribution is 6.05. The number of hydrogen-bond acceptors (Lipinski definition) is 2. The van der Waals surface area contributed by atoms with E-state index in [9.17, 15) is 14.3 Å². The smallest absolute Gasteiger partial charge is 0.336 e. The van der Waals surface area contributed by atoms with Crippen molar-refractivity contribution >= 4 is 16.9 Å². The first kappa shape index (κ1) is 14.2. The predicted molar refractivity (Wildman–Crippen MR) is 83.6 cm³/mol. The molecule has 2 aromatic carbocycles. The fourth-order valence-corrected chi connectivity index (χ4v) is 2.60. The Morgan fingerprint density at radius 2 is 1.77 bits per heavy atom. The lowest BCUT2D eigenvalue weighted by Crippen LogP contribution is -2.05. The summed E-state index contributed by atoms with van der Waals surface area (Å²) in [7, 11) is 0. The number of pyridine rings is 1. The van der Waals surface area contributed by atoms with Crippen molar-refractivity contribution < 1.29 is 14.3 Å². The van der Waals surface area contributed by atoms with Crippen LogP contribution >= 0.6 is 0 Å². The molecular weight excluding hydrogens is 281 g/mol. The van der Waals surface area contributed by atoms with Crippen molar-refractivity contribution in [1.82, 2.24) is 4.98 Å². The third-order valence-corrected chi connectivity index (χ3v) is 3.73. The first-order chi connectivity index (χ1) is 10.5. The summed E-state index contributed by atoms with van der Waals surface area (Å²) in [4.78, 5) is 16.2. The molecule has 0 saturated heterocycles. The van der Waals surface area contributed by atoms with Crippen LogP contribution in [0.3, 0.4) is 0 Å². The third kappa shape index (κ3) is 2.33. The molecule has 0 unspecified atom stereocenters. The quantitative estimate of drug-likeness (QED) is 0.764. The Hall–Kier alpha value is -2.75. The van der Waals surface area contributed by atoms with Crippen LogP contribution in [0, 0.1) is 19.7 Å². The molecule has 0 fully saturated rings. The van der Waals surface area contributed by atoms with Gasteiger partial charge in [0.05, 0.1) is 16.8 Å². The van der Waals surface area contributed by atoms with E-state index in [1.807, 2.05) is 31.2 Å². The summed E-state index contributed by atoms with van der Waals surface area (Å²) in [5.74, 6) is -1.55. The van der Waals surface area contributed by atoms with Crippen LogP contribution in [0.4, 0.5) is 4.39 Å². The average molecular weight is 295 g/mol. The Kier molecular flexibility index (Phi) is 3.37. The van der Waals surface area contributed by atoms with Gasteiger partial charge in [-0.3, -0.25) is 0 Å². The van der Waals surface area contributed by atoms with Gasteiger partial charge >= 0.3 is 5.97 Å². The van der Waals surface area contributed by atoms with Gasteiger partial charge in [-0.25, -0.2) is 14.2 Å². The lowest BCUT2D eigenvalue weighted by molar-refractivity contribution is 0.0698. The van der Waals surface area contributed by atoms with E-state index in [0.29, 0.717) is 22.2 Å². The third-order valence-electron chi connectivity index (χ3n) is 3.73. The SMILES string of the molecule is Cc1ccc(-c2nc3ccc(F)cc3c(C(=O)O)c2C)cc1. The molecule has 4 heteroatoms. The number of fused-ring (bicyclic) bond motifs is 1. The van der Waals surface area contributed by atoms with Crippen LogP contribution in [0.1, 0.15) is 21.5 Å². The van der Waals surface area contributed by atoms with Crippen molar-refractivity contribution in [2.75, 3.05) is 0 Å². The van der Waals surface area contributed by atoms with Crippen molar-refractivity contribution in [3.63, 3.8) is 0 Å². The molecular formula is C18H14FNO2. The van der Waals surface area contributed by atoms with Crippen LogP contribution < -0.4 is 0 Å². The predicted octanol–water partition coefficient (Wildman–Crippen LogP) is 4.36. The highest BCUT2D eigenvalue weighted by atomic mass is 19.1. The average Bonchev–Trinajstić information content (AvgIpc) is 2.47. The summed E-state index contributed by atoms with van der Waals surface area (Å²) < 4.78 is 13.5. The van der Waals surface area contributed by atoms with Gasteiger partial charge in [0.1, 0.15) is 5.82 Å². The monoisotopic (exact) mass is 295 g/mol. The van der Waals surface area contributed by atoms with Crippen molar-refractivity contribution in [1.29, 1.82) is 0 Å². The van der Waals surface area contributed by atoms with E-state index in [1.54, 1.807) is 6.92 Å². The minimum atomic E-state index is -1.08. The Balaban J connectivity index is 2.37. The minimum absolute atomic E-state index is 0.0973. The van der Waals surface area contributed by atoms with Crippen molar-refractivity contribution in [3.05, 3.63) is 65.0 Å². The number of aromatic carboxylic acids is 1. The van der Waals surface area contributed by atoms with E-state index < -0.39 is 11.8 Å². The fraction of sp³-hybridized carbons (Fsp3) is 0.111. The lowest BCUT2D eigenvalue weighted by Gasteiger charge is -2.12. The molecule has 0 aliphatic carbocycles. The molecule has 3 nitrogen and oxygen atoms in total. The maximum atomic E-state index is 13.5. The molecule has 0 saturated carbocycles. The Morgan fingerprint density at radius 3 is 2.41 bits per heavy atom. The van der Waals surface area contributed by atoms with E-state index >= 15 is 0 Å². The van der Waals surface area contributed by atoms with Crippen LogP contribution in [0.15, 0.2) is 42.5 Å². The number of benzene rings is 2. The standard InChI is InChI=1S/C18H14FNO2/c1-10-3-5-12(6-4-10)17-11(2)16(18(21)22)14-9-13(19)7-8-15(14)20-17/h3-9H,1-2H3,(H,21,22). The number of aryl methyl sites for hydroxylation is 1. The van der Waals surface area contributed by atoms with E-state index in [1.165, 1.54) is 18.2 Å². The number of hydrogen-bond donors (Lipinski definition) is 1. The largest absolute Gasteiger partial charge is 0.478 e. The molecule has 1 aromatic heterocycles. The van der Waals surface area contributed by atoms with E-state index in [2.05, 4.69) is 4.98 Å². The number of carboxylic acid groups (broad SMARTS) is 1. The van der Waals surface area contributed by atoms with E-state index in [4.69, 9.17) is 0 Å². The van der Waals surface area contributed by atoms with E-state index in [0.717, 1.165) is 11.1 Å². The maximum Gasteiger partial charge on any atom is 0.336 e. The minimum Gasteiger partial charge on any atom is -0.478 e. The van der Waals surface area contributed by atoms with Gasteiger partial charge in [-0.1, -0.05) is 29.8 Å². The molecule has 110 valence electrons. The molecule has 22 heavy (non-hydrogen) atoms. The fourth-order valence-electron chi connectivity index (χ4n) is 2.60. The first-order valence-electron chi connectivity index (χ1n) is 6.87. The molecule has 0 amide bonds. The van der Waals surface area contributed by atoms with Gasteiger partial charge in [-0.2, -0.15) is 0 Å². The molecule has 1 heterocycles. The summed E-state index contributed by atoms with van der Waals surface area (Å²) in [6.07, 6.45) is 0. The molecule has 1 N–H and O–H groups in total. The Labute approximate surface area is 127 Å². The summed E-state index contributed by atoms with van der Waals surface area (Å²) >= 11 is 0. The number of halogens is 1. The number of carbonyl (C=O) groups is 1. The highest BCUT2D eigenvalue weighted by Gasteiger charge is 2.18. The highest BCUT2D eigenvalue weighted by Crippen LogP contribution is 2.30. The molecule has 0 spiro atoms. The van der Waals surface area contributed by atoms with Crippen molar-refractivity contribution in [2.24, 2.45) is 0 Å². The van der Waals surface area contributed by atoms with Gasteiger partial charge in [0.25, 0.3) is 0 Å². The van der Waals surface area contributed by atoms with Crippen LogP contribution in [-0.4, -0.2) is 16.1 Å². The second-order valence-electron chi connectivity index (χ2n) is 5.29. The van der Waals surface area contributed by atoms with Gasteiger partial charge in [-0.15, -0.1) is 0 Å². The zero-order chi connectivity index (χ0) is 15.9. The van der Waals surface area contributed by atoms with Crippen LogP contribution in [-0.2, 0) is 0 Å². The maximum absolute atomic E-state index is 13.5. The number of nitrogens with zero attached hydrogens (tertiary/aromatic N) is 1. The summed E-state index contributed by atoms with van der Waals surface area (Å²) in [6.45, 7) is 3.69. The molecule has 0 radical (unpaired) electrons. The summed E-state index contributed by atoms with van der Waals surface area (Å²) in [6, 6.07) is 11.7. The number of rotatable bonds is 2. The van der Waals surface area contributed by atoms with Crippen LogP contribution in [0.25, 0.3) is 22.2 Å². The summed E-state index contributed by atoms with van der Waals surface area (Å²) in [5, 5.41) is 9.84. The molecule has 3 rings (SSSR count). The normalized spacial score (nSPS) is 10.9. The van der Waals surface area contributed by atoms with Gasteiger partial charge in [-0.05, 0) is 37.6 Å². The Morgan fingerprint density at radius 1 is 1.09 bits per heavy atom.